The number of rotatable bonds is 2. The molecule has 0 aliphatic rings. The van der Waals surface area contributed by atoms with Gasteiger partial charge in [-0.2, -0.15) is 0 Å². The van der Waals surface area contributed by atoms with E-state index in [2.05, 4.69) is 42.0 Å². The maximum absolute atomic E-state index is 5.21. The van der Waals surface area contributed by atoms with Crippen LogP contribution in [0.4, 0.5) is 0 Å². The molecule has 13 heavy (non-hydrogen) atoms. The molecule has 0 saturated carbocycles. The summed E-state index contributed by atoms with van der Waals surface area (Å²) in [7, 11) is 0. The minimum absolute atomic E-state index is 0.708. The van der Waals surface area contributed by atoms with Gasteiger partial charge in [0.15, 0.2) is 0 Å². The van der Waals surface area contributed by atoms with Crippen molar-refractivity contribution in [3.63, 3.8) is 0 Å². The van der Waals surface area contributed by atoms with Crippen LogP contribution in [0.1, 0.15) is 18.1 Å². The zero-order chi connectivity index (χ0) is 9.52. The van der Waals surface area contributed by atoms with E-state index in [1.807, 2.05) is 6.92 Å². The Morgan fingerprint density at radius 2 is 1.62 bits per heavy atom. The number of terminal acetylenes is 1. The lowest BCUT2D eigenvalue weighted by molar-refractivity contribution is 1.26. The van der Waals surface area contributed by atoms with E-state index in [4.69, 9.17) is 6.42 Å². The van der Waals surface area contributed by atoms with Crippen molar-refractivity contribution in [2.24, 2.45) is 0 Å². The van der Waals surface area contributed by atoms with E-state index in [0.717, 1.165) is 6.42 Å². The van der Waals surface area contributed by atoms with E-state index in [-0.39, 0.29) is 0 Å². The monoisotopic (exact) mass is 168 g/mol. The lowest BCUT2D eigenvalue weighted by atomic mass is 10.1. The van der Waals surface area contributed by atoms with Crippen LogP contribution in [0, 0.1) is 24.2 Å². The molecule has 1 rings (SSSR count). The molecule has 0 radical (unpaired) electrons. The molecular formula is C13H12. The lowest BCUT2D eigenvalue weighted by Gasteiger charge is -1.97. The standard InChI is InChI=1S/C13H12/c1-3-5-7-13-10-8-12(6-4-2)9-11-13/h2,8-11H,6-7H2,1H3. The second kappa shape index (κ2) is 5.07. The van der Waals surface area contributed by atoms with Gasteiger partial charge in [0.1, 0.15) is 0 Å². The molecule has 0 saturated heterocycles. The number of hydrogen-bond donors (Lipinski definition) is 0. The first-order valence-corrected chi connectivity index (χ1v) is 4.27. The molecule has 0 aliphatic carbocycles. The second-order valence-electron chi connectivity index (χ2n) is 2.80. The van der Waals surface area contributed by atoms with E-state index >= 15 is 0 Å². The normalized spacial score (nSPS) is 8.31. The fourth-order valence-corrected chi connectivity index (χ4v) is 1.08. The molecule has 0 heteroatoms. The van der Waals surface area contributed by atoms with Crippen molar-refractivity contribution in [2.45, 2.75) is 19.8 Å². The fourth-order valence-electron chi connectivity index (χ4n) is 1.08. The van der Waals surface area contributed by atoms with Crippen LogP contribution in [0.3, 0.4) is 0 Å². The zero-order valence-electron chi connectivity index (χ0n) is 7.80. The van der Waals surface area contributed by atoms with Crippen LogP contribution in [0.2, 0.25) is 0 Å². The topological polar surface area (TPSA) is 0 Å². The molecule has 1 aromatic rings. The first kappa shape index (κ1) is 9.43. The van der Waals surface area contributed by atoms with Crippen molar-refractivity contribution in [3.05, 3.63) is 35.4 Å². The summed E-state index contributed by atoms with van der Waals surface area (Å²) in [6.07, 6.45) is 6.74. The maximum Gasteiger partial charge on any atom is 0.0340 e. The minimum atomic E-state index is 0.708. The van der Waals surface area contributed by atoms with Crippen LogP contribution in [0.25, 0.3) is 0 Å². The summed E-state index contributed by atoms with van der Waals surface area (Å²) in [5.74, 6) is 8.52. The molecule has 0 unspecified atom stereocenters. The highest BCUT2D eigenvalue weighted by atomic mass is 14.0. The molecule has 0 fully saturated rings. The Morgan fingerprint density at radius 1 is 1.08 bits per heavy atom. The Labute approximate surface area is 80.0 Å². The molecule has 0 amide bonds. The van der Waals surface area contributed by atoms with Crippen LogP contribution >= 0.6 is 0 Å². The average Bonchev–Trinajstić information content (AvgIpc) is 2.17. The summed E-state index contributed by atoms with van der Waals surface area (Å²) >= 11 is 0. The third kappa shape index (κ3) is 3.06. The van der Waals surface area contributed by atoms with Gasteiger partial charge < -0.3 is 0 Å². The van der Waals surface area contributed by atoms with Crippen LogP contribution in [-0.2, 0) is 12.8 Å². The zero-order valence-corrected chi connectivity index (χ0v) is 7.80. The molecule has 0 spiro atoms. The molecule has 0 atom stereocenters. The van der Waals surface area contributed by atoms with Gasteiger partial charge in [-0.25, -0.2) is 0 Å². The fraction of sp³-hybridized carbons (Fsp3) is 0.231. The van der Waals surface area contributed by atoms with Gasteiger partial charge in [-0.1, -0.05) is 30.2 Å². The van der Waals surface area contributed by atoms with Crippen LogP contribution in [0.15, 0.2) is 24.3 Å². The largest absolute Gasteiger partial charge is 0.120 e. The van der Waals surface area contributed by atoms with Gasteiger partial charge in [-0.15, -0.1) is 18.3 Å². The summed E-state index contributed by atoms with van der Waals surface area (Å²) in [6, 6.07) is 8.28. The lowest BCUT2D eigenvalue weighted by Crippen LogP contribution is -1.84. The highest BCUT2D eigenvalue weighted by Gasteiger charge is 1.91. The summed E-state index contributed by atoms with van der Waals surface area (Å²) in [4.78, 5) is 0. The van der Waals surface area contributed by atoms with E-state index in [1.54, 1.807) is 0 Å². The molecule has 0 aliphatic heterocycles. The van der Waals surface area contributed by atoms with Gasteiger partial charge in [-0.3, -0.25) is 0 Å². The maximum atomic E-state index is 5.21. The Hall–Kier alpha value is -1.66. The van der Waals surface area contributed by atoms with Crippen molar-refractivity contribution < 1.29 is 0 Å². The summed E-state index contributed by atoms with van der Waals surface area (Å²) in [5, 5.41) is 0. The second-order valence-corrected chi connectivity index (χ2v) is 2.80. The van der Waals surface area contributed by atoms with Gasteiger partial charge >= 0.3 is 0 Å². The average molecular weight is 168 g/mol. The van der Waals surface area contributed by atoms with E-state index in [0.29, 0.717) is 6.42 Å². The van der Waals surface area contributed by atoms with Crippen LogP contribution in [-0.4, -0.2) is 0 Å². The number of benzene rings is 1. The highest BCUT2D eigenvalue weighted by molar-refractivity contribution is 5.27. The smallest absolute Gasteiger partial charge is 0.0340 e. The third-order valence-corrected chi connectivity index (χ3v) is 1.80. The van der Waals surface area contributed by atoms with Crippen molar-refractivity contribution in [3.8, 4) is 24.2 Å². The van der Waals surface area contributed by atoms with E-state index < -0.39 is 0 Å². The highest BCUT2D eigenvalue weighted by Crippen LogP contribution is 2.04. The molecule has 0 nitrogen and oxygen atoms in total. The predicted octanol–water partition coefficient (Wildman–Crippen LogP) is 2.43. The van der Waals surface area contributed by atoms with Crippen LogP contribution in [0.5, 0.6) is 0 Å². The van der Waals surface area contributed by atoms with Gasteiger partial charge in [0.05, 0.1) is 0 Å². The van der Waals surface area contributed by atoms with Gasteiger partial charge in [0.25, 0.3) is 0 Å². The molecule has 1 aromatic carbocycles. The first-order valence-electron chi connectivity index (χ1n) is 4.27. The van der Waals surface area contributed by atoms with E-state index in [1.165, 1.54) is 11.1 Å². The Bertz CT molecular complexity index is 352. The van der Waals surface area contributed by atoms with Crippen molar-refractivity contribution in [1.29, 1.82) is 0 Å². The van der Waals surface area contributed by atoms with Gasteiger partial charge in [0, 0.05) is 12.8 Å². The minimum Gasteiger partial charge on any atom is -0.120 e. The molecule has 0 N–H and O–H groups in total. The Kier molecular flexibility index (Phi) is 3.68. The van der Waals surface area contributed by atoms with Crippen molar-refractivity contribution >= 4 is 0 Å². The molecule has 0 bridgehead atoms. The summed E-state index contributed by atoms with van der Waals surface area (Å²) < 4.78 is 0. The van der Waals surface area contributed by atoms with Crippen molar-refractivity contribution in [1.82, 2.24) is 0 Å². The Morgan fingerprint density at radius 3 is 2.08 bits per heavy atom. The van der Waals surface area contributed by atoms with Gasteiger partial charge in [0.2, 0.25) is 0 Å². The Balaban J connectivity index is 2.68. The SMILES string of the molecule is C#CCc1ccc(CC#CC)cc1. The van der Waals surface area contributed by atoms with Crippen molar-refractivity contribution in [2.75, 3.05) is 0 Å². The van der Waals surface area contributed by atoms with Gasteiger partial charge in [-0.05, 0) is 18.1 Å². The van der Waals surface area contributed by atoms with E-state index in [9.17, 15) is 0 Å². The summed E-state index contributed by atoms with van der Waals surface area (Å²) in [6.45, 7) is 1.85. The first-order chi connectivity index (χ1) is 6.36. The number of hydrogen-bond acceptors (Lipinski definition) is 0. The third-order valence-electron chi connectivity index (χ3n) is 1.80. The predicted molar refractivity (Wildman–Crippen MR) is 56.1 cm³/mol. The molecule has 0 aromatic heterocycles. The molecule has 64 valence electrons. The molecule has 0 heterocycles. The quantitative estimate of drug-likeness (QED) is 0.595. The summed E-state index contributed by atoms with van der Waals surface area (Å²) in [5.41, 5.74) is 2.44. The van der Waals surface area contributed by atoms with Crippen LogP contribution < -0.4 is 0 Å². The molecular weight excluding hydrogens is 156 g/mol.